The van der Waals surface area contributed by atoms with Crippen molar-refractivity contribution in [1.29, 1.82) is 0 Å². The second-order valence-electron chi connectivity index (χ2n) is 7.24. The van der Waals surface area contributed by atoms with E-state index in [9.17, 15) is 14.4 Å². The van der Waals surface area contributed by atoms with Crippen LogP contribution in [0.4, 0.5) is 0 Å². The molecule has 1 fully saturated rings. The number of benzene rings is 1. The van der Waals surface area contributed by atoms with Crippen LogP contribution in [0.3, 0.4) is 0 Å². The van der Waals surface area contributed by atoms with E-state index < -0.39 is 0 Å². The Balaban J connectivity index is 1.42. The van der Waals surface area contributed by atoms with Crippen LogP contribution in [0.2, 0.25) is 0 Å². The third-order valence-electron chi connectivity index (χ3n) is 5.49. The van der Waals surface area contributed by atoms with E-state index in [4.69, 9.17) is 0 Å². The van der Waals surface area contributed by atoms with Gasteiger partial charge >= 0.3 is 0 Å². The lowest BCUT2D eigenvalue weighted by atomic mass is 9.93. The first kappa shape index (κ1) is 19.4. The van der Waals surface area contributed by atoms with Gasteiger partial charge in [0.1, 0.15) is 0 Å². The molecule has 0 spiro atoms. The van der Waals surface area contributed by atoms with Crippen LogP contribution in [0.15, 0.2) is 48.0 Å². The standard InChI is InChI=1S/C22H23N3O3S/c1-16(26)25-9-8-17-5-2-3-6-18(17)19(25)15-21(27)23-10-12-24(13-11-23)22(28)20-7-4-14-29-20/h2-9,14,19H,10-13,15H2,1H3/t19-/m1/s1. The van der Waals surface area contributed by atoms with Crippen LogP contribution in [0.1, 0.15) is 40.2 Å². The fraction of sp³-hybridized carbons (Fsp3) is 0.318. The molecule has 0 unspecified atom stereocenters. The second-order valence-corrected chi connectivity index (χ2v) is 8.19. The molecule has 2 aromatic rings. The van der Waals surface area contributed by atoms with Gasteiger partial charge in [0.25, 0.3) is 5.91 Å². The summed E-state index contributed by atoms with van der Waals surface area (Å²) in [5.41, 5.74) is 2.03. The molecular formula is C22H23N3O3S. The summed E-state index contributed by atoms with van der Waals surface area (Å²) in [5, 5.41) is 1.89. The summed E-state index contributed by atoms with van der Waals surface area (Å²) >= 11 is 1.44. The lowest BCUT2D eigenvalue weighted by Gasteiger charge is -2.37. The Hall–Kier alpha value is -2.93. The zero-order chi connectivity index (χ0) is 20.4. The van der Waals surface area contributed by atoms with Crippen molar-refractivity contribution in [3.8, 4) is 0 Å². The Kier molecular flexibility index (Phi) is 5.49. The van der Waals surface area contributed by atoms with Crippen molar-refractivity contribution in [2.75, 3.05) is 26.2 Å². The van der Waals surface area contributed by atoms with Crippen molar-refractivity contribution >= 4 is 35.1 Å². The van der Waals surface area contributed by atoms with Gasteiger partial charge in [-0.1, -0.05) is 30.3 Å². The minimum atomic E-state index is -0.299. The Bertz CT molecular complexity index is 946. The first-order chi connectivity index (χ1) is 14.0. The highest BCUT2D eigenvalue weighted by molar-refractivity contribution is 7.12. The smallest absolute Gasteiger partial charge is 0.264 e. The molecule has 150 valence electrons. The SMILES string of the molecule is CC(=O)N1C=Cc2ccccc2[C@H]1CC(=O)N1CCN(C(=O)c2cccs2)CC1. The van der Waals surface area contributed by atoms with Gasteiger partial charge in [0.15, 0.2) is 0 Å². The maximum atomic E-state index is 13.0. The predicted molar refractivity (Wildman–Crippen MR) is 112 cm³/mol. The van der Waals surface area contributed by atoms with Gasteiger partial charge in [-0.15, -0.1) is 11.3 Å². The molecule has 0 bridgehead atoms. The Morgan fingerprint density at radius 3 is 2.41 bits per heavy atom. The number of carbonyl (C=O) groups excluding carboxylic acids is 3. The van der Waals surface area contributed by atoms with Crippen molar-refractivity contribution in [2.24, 2.45) is 0 Å². The number of hydrogen-bond donors (Lipinski definition) is 0. The summed E-state index contributed by atoms with van der Waals surface area (Å²) in [6, 6.07) is 11.3. The number of nitrogens with zero attached hydrogens (tertiary/aromatic N) is 3. The van der Waals surface area contributed by atoms with Gasteiger partial charge in [-0.05, 0) is 28.6 Å². The molecule has 0 N–H and O–H groups in total. The van der Waals surface area contributed by atoms with E-state index in [-0.39, 0.29) is 30.2 Å². The van der Waals surface area contributed by atoms with E-state index in [1.165, 1.54) is 18.3 Å². The minimum absolute atomic E-state index is 0.00887. The molecule has 1 atom stereocenters. The number of carbonyl (C=O) groups is 3. The molecule has 7 heteroatoms. The van der Waals surface area contributed by atoms with E-state index in [1.807, 2.05) is 47.9 Å². The summed E-state index contributed by atoms with van der Waals surface area (Å²) in [4.78, 5) is 43.6. The zero-order valence-electron chi connectivity index (χ0n) is 16.3. The van der Waals surface area contributed by atoms with E-state index in [0.717, 1.165) is 16.0 Å². The normalized spacial score (nSPS) is 18.5. The molecule has 0 saturated carbocycles. The fourth-order valence-electron chi connectivity index (χ4n) is 3.92. The molecule has 29 heavy (non-hydrogen) atoms. The van der Waals surface area contributed by atoms with E-state index >= 15 is 0 Å². The lowest BCUT2D eigenvalue weighted by Crippen LogP contribution is -2.51. The summed E-state index contributed by atoms with van der Waals surface area (Å²) in [5.74, 6) is -0.0457. The van der Waals surface area contributed by atoms with Gasteiger partial charge in [0.05, 0.1) is 17.3 Å². The van der Waals surface area contributed by atoms with Crippen LogP contribution in [0.5, 0.6) is 0 Å². The number of fused-ring (bicyclic) bond motifs is 1. The third-order valence-corrected chi connectivity index (χ3v) is 6.35. The number of amides is 3. The Morgan fingerprint density at radius 1 is 1.00 bits per heavy atom. The molecule has 3 heterocycles. The van der Waals surface area contributed by atoms with Gasteiger partial charge in [-0.3, -0.25) is 14.4 Å². The largest absolute Gasteiger partial charge is 0.339 e. The van der Waals surface area contributed by atoms with Crippen molar-refractivity contribution in [3.05, 3.63) is 64.0 Å². The van der Waals surface area contributed by atoms with Gasteiger partial charge in [-0.25, -0.2) is 0 Å². The quantitative estimate of drug-likeness (QED) is 0.783. The monoisotopic (exact) mass is 409 g/mol. The van der Waals surface area contributed by atoms with Crippen LogP contribution >= 0.6 is 11.3 Å². The third kappa shape index (κ3) is 3.96. The van der Waals surface area contributed by atoms with Gasteiger partial charge in [-0.2, -0.15) is 0 Å². The zero-order valence-corrected chi connectivity index (χ0v) is 17.1. The number of thiophene rings is 1. The first-order valence-corrected chi connectivity index (χ1v) is 10.6. The van der Waals surface area contributed by atoms with Gasteiger partial charge in [0, 0.05) is 39.3 Å². The number of rotatable bonds is 3. The van der Waals surface area contributed by atoms with Crippen LogP contribution in [0.25, 0.3) is 6.08 Å². The molecular weight excluding hydrogens is 386 g/mol. The van der Waals surface area contributed by atoms with E-state index in [1.54, 1.807) is 20.9 Å². The van der Waals surface area contributed by atoms with Crippen molar-refractivity contribution < 1.29 is 14.4 Å². The molecule has 6 nitrogen and oxygen atoms in total. The minimum Gasteiger partial charge on any atom is -0.339 e. The highest BCUT2D eigenvalue weighted by atomic mass is 32.1. The maximum Gasteiger partial charge on any atom is 0.264 e. The number of piperazine rings is 1. The first-order valence-electron chi connectivity index (χ1n) is 9.71. The van der Waals surface area contributed by atoms with Crippen molar-refractivity contribution in [3.63, 3.8) is 0 Å². The molecule has 1 aromatic heterocycles. The van der Waals surface area contributed by atoms with Gasteiger partial charge in [0.2, 0.25) is 11.8 Å². The topological polar surface area (TPSA) is 60.9 Å². The molecule has 2 aliphatic rings. The van der Waals surface area contributed by atoms with Crippen LogP contribution in [0, 0.1) is 0 Å². The summed E-state index contributed by atoms with van der Waals surface area (Å²) in [6.07, 6.45) is 3.91. The highest BCUT2D eigenvalue weighted by Crippen LogP contribution is 2.33. The molecule has 0 aliphatic carbocycles. The molecule has 1 aromatic carbocycles. The molecule has 4 rings (SSSR count). The molecule has 2 aliphatic heterocycles. The fourth-order valence-corrected chi connectivity index (χ4v) is 4.61. The Morgan fingerprint density at radius 2 is 1.72 bits per heavy atom. The summed E-state index contributed by atoms with van der Waals surface area (Å²) < 4.78 is 0. The highest BCUT2D eigenvalue weighted by Gasteiger charge is 2.31. The maximum absolute atomic E-state index is 13.0. The summed E-state index contributed by atoms with van der Waals surface area (Å²) in [7, 11) is 0. The van der Waals surface area contributed by atoms with E-state index in [0.29, 0.717) is 26.2 Å². The average Bonchev–Trinajstić information content (AvgIpc) is 3.28. The van der Waals surface area contributed by atoms with Crippen LogP contribution < -0.4 is 0 Å². The average molecular weight is 410 g/mol. The molecule has 0 radical (unpaired) electrons. The number of hydrogen-bond acceptors (Lipinski definition) is 4. The molecule has 3 amide bonds. The molecule has 1 saturated heterocycles. The van der Waals surface area contributed by atoms with Crippen molar-refractivity contribution in [2.45, 2.75) is 19.4 Å². The lowest BCUT2D eigenvalue weighted by molar-refractivity contribution is -0.135. The van der Waals surface area contributed by atoms with Gasteiger partial charge < -0.3 is 14.7 Å². The Labute approximate surface area is 174 Å². The van der Waals surface area contributed by atoms with E-state index in [2.05, 4.69) is 0 Å². The van der Waals surface area contributed by atoms with Crippen LogP contribution in [-0.4, -0.2) is 58.6 Å². The van der Waals surface area contributed by atoms with Crippen molar-refractivity contribution in [1.82, 2.24) is 14.7 Å². The second kappa shape index (κ2) is 8.21. The van der Waals surface area contributed by atoms with Crippen LogP contribution in [-0.2, 0) is 9.59 Å². The summed E-state index contributed by atoms with van der Waals surface area (Å²) in [6.45, 7) is 3.60. The predicted octanol–water partition coefficient (Wildman–Crippen LogP) is 3.00.